The Morgan fingerprint density at radius 1 is 1.24 bits per heavy atom. The van der Waals surface area contributed by atoms with Crippen LogP contribution in [-0.4, -0.2) is 51.1 Å². The highest BCUT2D eigenvalue weighted by atomic mass is 16.5. The molecule has 4 rings (SSSR count). The number of rotatable bonds is 3. The first-order valence-corrected chi connectivity index (χ1v) is 8.97. The monoisotopic (exact) mass is 342 g/mol. The molecule has 2 atom stereocenters. The second-order valence-electron chi connectivity index (χ2n) is 6.73. The van der Waals surface area contributed by atoms with E-state index in [9.17, 15) is 9.59 Å². The summed E-state index contributed by atoms with van der Waals surface area (Å²) in [5.41, 5.74) is 0.379. The van der Waals surface area contributed by atoms with Crippen molar-refractivity contribution < 1.29 is 9.53 Å². The molecule has 0 bridgehead atoms. The van der Waals surface area contributed by atoms with Gasteiger partial charge in [-0.1, -0.05) is 30.2 Å². The highest BCUT2D eigenvalue weighted by Gasteiger charge is 2.36. The summed E-state index contributed by atoms with van der Waals surface area (Å²) in [6.07, 6.45) is 4.79. The number of carbonyl (C=O) groups excluding carboxylic acids is 1. The van der Waals surface area contributed by atoms with E-state index in [2.05, 4.69) is 10.3 Å². The molecule has 0 N–H and O–H groups in total. The van der Waals surface area contributed by atoms with E-state index in [1.807, 2.05) is 11.0 Å². The molecule has 25 heavy (non-hydrogen) atoms. The Kier molecular flexibility index (Phi) is 4.48. The van der Waals surface area contributed by atoms with Gasteiger partial charge in [-0.05, 0) is 25.0 Å². The molecule has 0 unspecified atom stereocenters. The van der Waals surface area contributed by atoms with Crippen LogP contribution in [0.1, 0.15) is 32.1 Å². The second-order valence-corrected chi connectivity index (χ2v) is 6.73. The number of fused-ring (bicyclic) bond motifs is 2. The van der Waals surface area contributed by atoms with Gasteiger partial charge in [-0.3, -0.25) is 9.59 Å². The van der Waals surface area contributed by atoms with Gasteiger partial charge in [0.15, 0.2) is 0 Å². The zero-order valence-corrected chi connectivity index (χ0v) is 14.1. The van der Waals surface area contributed by atoms with Gasteiger partial charge < -0.3 is 9.64 Å². The zero-order valence-electron chi connectivity index (χ0n) is 14.1. The Hall–Kier alpha value is -2.28. The molecule has 1 aliphatic carbocycles. The van der Waals surface area contributed by atoms with Gasteiger partial charge in [0.25, 0.3) is 5.56 Å². The Morgan fingerprint density at radius 3 is 3.00 bits per heavy atom. The third-order valence-electron chi connectivity index (χ3n) is 5.22. The molecule has 2 aromatic rings. The number of hydrogen-bond donors (Lipinski definition) is 0. The fraction of sp³-hybridized carbons (Fsp3) is 0.556. The quantitative estimate of drug-likeness (QED) is 0.841. The minimum absolute atomic E-state index is 0.0714. The van der Waals surface area contributed by atoms with Crippen LogP contribution < -0.4 is 5.56 Å². The van der Waals surface area contributed by atoms with Crippen LogP contribution in [0.25, 0.3) is 10.9 Å². The molecule has 132 valence electrons. The van der Waals surface area contributed by atoms with E-state index in [0.29, 0.717) is 24.1 Å². The fourth-order valence-electron chi connectivity index (χ4n) is 3.92. The van der Waals surface area contributed by atoms with E-state index in [-0.39, 0.29) is 36.6 Å². The van der Waals surface area contributed by atoms with Crippen molar-refractivity contribution in [2.45, 2.75) is 50.8 Å². The maximum absolute atomic E-state index is 12.7. The first kappa shape index (κ1) is 16.2. The van der Waals surface area contributed by atoms with E-state index in [1.165, 1.54) is 11.1 Å². The molecule has 2 aliphatic rings. The molecule has 1 aromatic heterocycles. The largest absolute Gasteiger partial charge is 0.374 e. The number of morpholine rings is 1. The number of hydrogen-bond acceptors (Lipinski definition) is 5. The number of ether oxygens (including phenoxy) is 1. The maximum atomic E-state index is 12.7. The Balaban J connectivity index is 1.46. The summed E-state index contributed by atoms with van der Waals surface area (Å²) in [4.78, 5) is 27.1. The van der Waals surface area contributed by atoms with Crippen molar-refractivity contribution in [2.75, 3.05) is 13.2 Å². The summed E-state index contributed by atoms with van der Waals surface area (Å²) in [6, 6.07) is 7.31. The minimum Gasteiger partial charge on any atom is -0.374 e. The predicted octanol–water partition coefficient (Wildman–Crippen LogP) is 1.35. The molecule has 2 fully saturated rings. The summed E-state index contributed by atoms with van der Waals surface area (Å²) >= 11 is 0. The predicted molar refractivity (Wildman–Crippen MR) is 92.1 cm³/mol. The highest BCUT2D eigenvalue weighted by molar-refractivity contribution is 5.77. The normalized spacial score (nSPS) is 23.4. The van der Waals surface area contributed by atoms with E-state index in [0.717, 1.165) is 19.3 Å². The fourth-order valence-corrected chi connectivity index (χ4v) is 3.92. The molecule has 2 heterocycles. The van der Waals surface area contributed by atoms with Crippen LogP contribution in [0.4, 0.5) is 0 Å². The second kappa shape index (κ2) is 6.92. The molecule has 1 saturated carbocycles. The lowest BCUT2D eigenvalue weighted by Gasteiger charge is -2.43. The number of aryl methyl sites for hydroxylation is 1. The van der Waals surface area contributed by atoms with E-state index in [1.54, 1.807) is 18.2 Å². The Labute approximate surface area is 145 Å². The number of nitrogens with zero attached hydrogens (tertiary/aromatic N) is 4. The van der Waals surface area contributed by atoms with Gasteiger partial charge >= 0.3 is 0 Å². The van der Waals surface area contributed by atoms with E-state index in [4.69, 9.17) is 4.74 Å². The lowest BCUT2D eigenvalue weighted by molar-refractivity contribution is -0.149. The Bertz CT molecular complexity index is 832. The van der Waals surface area contributed by atoms with Crippen LogP contribution in [0.2, 0.25) is 0 Å². The summed E-state index contributed by atoms with van der Waals surface area (Å²) in [6.45, 7) is 1.49. The smallest absolute Gasteiger partial charge is 0.277 e. The van der Waals surface area contributed by atoms with Crippen LogP contribution in [0.15, 0.2) is 29.1 Å². The summed E-state index contributed by atoms with van der Waals surface area (Å²) in [7, 11) is 0. The molecule has 7 heteroatoms. The van der Waals surface area contributed by atoms with E-state index < -0.39 is 0 Å². The summed E-state index contributed by atoms with van der Waals surface area (Å²) in [5.74, 6) is 0.0714. The molecular weight excluding hydrogens is 320 g/mol. The third kappa shape index (κ3) is 3.16. The molecule has 1 aliphatic heterocycles. The average molecular weight is 342 g/mol. The third-order valence-corrected chi connectivity index (χ3v) is 5.22. The zero-order chi connectivity index (χ0) is 17.2. The number of carbonyl (C=O) groups is 1. The van der Waals surface area contributed by atoms with Crippen molar-refractivity contribution in [2.24, 2.45) is 0 Å². The molecule has 1 amide bonds. The standard InChI is InChI=1S/C18H22N4O3/c23-17(21-11-12-25-16-8-4-3-7-15(16)21)9-10-22-18(24)13-5-1-2-6-14(13)19-20-22/h1-2,5-6,15-16H,3-4,7-12H2/t15-,16+/m1/s1. The van der Waals surface area contributed by atoms with Crippen molar-refractivity contribution in [3.8, 4) is 0 Å². The molecule has 7 nitrogen and oxygen atoms in total. The first-order chi connectivity index (χ1) is 12.2. The van der Waals surface area contributed by atoms with Gasteiger partial charge in [0.2, 0.25) is 5.91 Å². The van der Waals surface area contributed by atoms with Crippen molar-refractivity contribution in [1.29, 1.82) is 0 Å². The van der Waals surface area contributed by atoms with Gasteiger partial charge in [-0.2, -0.15) is 0 Å². The van der Waals surface area contributed by atoms with Crippen LogP contribution in [0.3, 0.4) is 0 Å². The van der Waals surface area contributed by atoms with Crippen LogP contribution in [0, 0.1) is 0 Å². The minimum atomic E-state index is -0.198. The SMILES string of the molecule is O=C(CCn1nnc2ccccc2c1=O)N1CCO[C@H]2CCCC[C@H]21. The van der Waals surface area contributed by atoms with Gasteiger partial charge in [-0.15, -0.1) is 5.10 Å². The Morgan fingerprint density at radius 2 is 2.08 bits per heavy atom. The molecule has 1 aromatic carbocycles. The number of benzene rings is 1. The van der Waals surface area contributed by atoms with Gasteiger partial charge in [-0.25, -0.2) is 4.68 Å². The van der Waals surface area contributed by atoms with Crippen molar-refractivity contribution in [1.82, 2.24) is 19.9 Å². The number of aromatic nitrogens is 3. The van der Waals surface area contributed by atoms with Gasteiger partial charge in [0.1, 0.15) is 5.52 Å². The summed E-state index contributed by atoms with van der Waals surface area (Å²) < 4.78 is 7.11. The molecule has 0 spiro atoms. The lowest BCUT2D eigenvalue weighted by atomic mass is 9.90. The molecule has 0 radical (unpaired) electrons. The average Bonchev–Trinajstić information content (AvgIpc) is 2.67. The van der Waals surface area contributed by atoms with Crippen LogP contribution in [0.5, 0.6) is 0 Å². The lowest BCUT2D eigenvalue weighted by Crippen LogP contribution is -2.55. The van der Waals surface area contributed by atoms with Crippen molar-refractivity contribution in [3.63, 3.8) is 0 Å². The maximum Gasteiger partial charge on any atom is 0.277 e. The topological polar surface area (TPSA) is 77.3 Å². The summed E-state index contributed by atoms with van der Waals surface area (Å²) in [5, 5.41) is 8.56. The molecule has 1 saturated heterocycles. The van der Waals surface area contributed by atoms with Gasteiger partial charge in [0.05, 0.1) is 30.7 Å². The first-order valence-electron chi connectivity index (χ1n) is 8.97. The van der Waals surface area contributed by atoms with Crippen molar-refractivity contribution in [3.05, 3.63) is 34.6 Å². The van der Waals surface area contributed by atoms with Crippen molar-refractivity contribution >= 4 is 16.8 Å². The van der Waals surface area contributed by atoms with E-state index >= 15 is 0 Å². The molecular formula is C18H22N4O3. The van der Waals surface area contributed by atoms with Crippen LogP contribution >= 0.6 is 0 Å². The van der Waals surface area contributed by atoms with Crippen LogP contribution in [-0.2, 0) is 16.1 Å². The highest BCUT2D eigenvalue weighted by Crippen LogP contribution is 2.28. The number of amides is 1. The van der Waals surface area contributed by atoms with Gasteiger partial charge in [0, 0.05) is 13.0 Å².